The van der Waals surface area contributed by atoms with Gasteiger partial charge in [0.1, 0.15) is 0 Å². The summed E-state index contributed by atoms with van der Waals surface area (Å²) in [6.45, 7) is 2.20. The number of methoxy groups -OCH3 is 1. The first-order valence-corrected chi connectivity index (χ1v) is 14.3. The molecule has 0 aliphatic heterocycles. The van der Waals surface area contributed by atoms with Crippen molar-refractivity contribution in [2.75, 3.05) is 20.3 Å². The third-order valence-electron chi connectivity index (χ3n) is 6.08. The van der Waals surface area contributed by atoms with Crippen molar-refractivity contribution >= 4 is 42.0 Å². The summed E-state index contributed by atoms with van der Waals surface area (Å²) in [5, 5.41) is 5.62. The minimum absolute atomic E-state index is 0.00397. The van der Waals surface area contributed by atoms with E-state index in [1.54, 1.807) is 66.6 Å². The minimum Gasteiger partial charge on any atom is -0.383 e. The highest BCUT2D eigenvalue weighted by Crippen LogP contribution is 2.35. The maximum absolute atomic E-state index is 14.0. The first-order valence-electron chi connectivity index (χ1n) is 11.4. The summed E-state index contributed by atoms with van der Waals surface area (Å²) in [5.41, 5.74) is 2.54. The molecule has 0 atom stereocenters. The highest BCUT2D eigenvalue weighted by Gasteiger charge is 2.27. The maximum atomic E-state index is 14.0. The molecule has 0 radical (unpaired) electrons. The lowest BCUT2D eigenvalue weighted by molar-refractivity contribution is 0.204. The van der Waals surface area contributed by atoms with Crippen LogP contribution in [0.4, 0.5) is 0 Å². The summed E-state index contributed by atoms with van der Waals surface area (Å²) in [6.07, 6.45) is 3.24. The topological polar surface area (TPSA) is 125 Å². The zero-order valence-corrected chi connectivity index (χ0v) is 22.0. The number of rotatable bonds is 8. The third kappa shape index (κ3) is 4.42. The Hall–Kier alpha value is -3.58. The van der Waals surface area contributed by atoms with Gasteiger partial charge in [-0.15, -0.1) is 0 Å². The van der Waals surface area contributed by atoms with E-state index in [4.69, 9.17) is 4.74 Å². The third-order valence-corrected chi connectivity index (χ3v) is 9.26. The Bertz CT molecular complexity index is 1840. The lowest BCUT2D eigenvalue weighted by atomic mass is 10.1. The first-order chi connectivity index (χ1) is 17.6. The molecule has 1 N–H and O–H groups in total. The quantitative estimate of drug-likeness (QED) is 0.301. The van der Waals surface area contributed by atoms with Crippen LogP contribution >= 0.6 is 0 Å². The Morgan fingerprint density at radius 1 is 0.973 bits per heavy atom. The van der Waals surface area contributed by atoms with Gasteiger partial charge in [-0.05, 0) is 37.3 Å². The van der Waals surface area contributed by atoms with Crippen LogP contribution in [0.5, 0.6) is 0 Å². The molecule has 0 amide bonds. The summed E-state index contributed by atoms with van der Waals surface area (Å²) in [5.74, 6) is 0. The minimum atomic E-state index is -4.11. The molecule has 0 aliphatic carbocycles. The molecular formula is C25H25N5O5S2. The van der Waals surface area contributed by atoms with Crippen LogP contribution in [0.25, 0.3) is 33.2 Å². The van der Waals surface area contributed by atoms with Crippen LogP contribution in [0.1, 0.15) is 5.56 Å². The summed E-state index contributed by atoms with van der Waals surface area (Å²) >= 11 is 0. The molecule has 2 aromatic carbocycles. The molecule has 37 heavy (non-hydrogen) atoms. The van der Waals surface area contributed by atoms with E-state index < -0.39 is 20.0 Å². The molecule has 0 saturated carbocycles. The Balaban J connectivity index is 1.77. The molecule has 0 fully saturated rings. The number of ether oxygens (including phenoxy) is 1. The van der Waals surface area contributed by atoms with Crippen molar-refractivity contribution in [3.8, 4) is 11.3 Å². The second-order valence-corrected chi connectivity index (χ2v) is 12.2. The van der Waals surface area contributed by atoms with Crippen molar-refractivity contribution in [2.45, 2.75) is 16.7 Å². The molecule has 10 nitrogen and oxygen atoms in total. The molecular weight excluding hydrogens is 514 g/mol. The Labute approximate surface area is 214 Å². The van der Waals surface area contributed by atoms with Crippen molar-refractivity contribution in [1.29, 1.82) is 0 Å². The summed E-state index contributed by atoms with van der Waals surface area (Å²) in [4.78, 5) is 4.58. The number of sulfonamides is 1. The van der Waals surface area contributed by atoms with Crippen LogP contribution in [0, 0.1) is 6.92 Å². The fraction of sp³-hybridized carbons (Fsp3) is 0.200. The Morgan fingerprint density at radius 2 is 1.73 bits per heavy atom. The van der Waals surface area contributed by atoms with E-state index in [1.165, 1.54) is 23.2 Å². The number of aryl methyl sites for hydroxylation is 2. The number of aromatic nitrogens is 4. The number of hydrogen-bond donors (Lipinski definition) is 1. The van der Waals surface area contributed by atoms with Gasteiger partial charge < -0.3 is 4.74 Å². The van der Waals surface area contributed by atoms with Crippen molar-refractivity contribution < 1.29 is 21.6 Å². The van der Waals surface area contributed by atoms with Gasteiger partial charge in [0.15, 0.2) is 5.65 Å². The number of fused-ring (bicyclic) bond motifs is 3. The van der Waals surface area contributed by atoms with E-state index >= 15 is 0 Å². The molecule has 3 aromatic heterocycles. The first kappa shape index (κ1) is 25.1. The van der Waals surface area contributed by atoms with Gasteiger partial charge in [0.05, 0.1) is 33.8 Å². The molecule has 0 spiro atoms. The summed E-state index contributed by atoms with van der Waals surface area (Å²) in [7, 11) is -4.70. The van der Waals surface area contributed by atoms with Crippen LogP contribution in [0.15, 0.2) is 76.8 Å². The fourth-order valence-electron chi connectivity index (χ4n) is 4.23. The number of pyridine rings is 1. The highest BCUT2D eigenvalue weighted by molar-refractivity contribution is 7.90. The van der Waals surface area contributed by atoms with Crippen LogP contribution in [0.2, 0.25) is 0 Å². The molecule has 12 heteroatoms. The molecule has 5 rings (SSSR count). The fourth-order valence-corrected chi connectivity index (χ4v) is 6.77. The smallest absolute Gasteiger partial charge is 0.269 e. The maximum Gasteiger partial charge on any atom is 0.269 e. The van der Waals surface area contributed by atoms with Crippen molar-refractivity contribution in [3.63, 3.8) is 0 Å². The van der Waals surface area contributed by atoms with Gasteiger partial charge >= 0.3 is 0 Å². The van der Waals surface area contributed by atoms with E-state index in [2.05, 4.69) is 14.8 Å². The second kappa shape index (κ2) is 9.38. The van der Waals surface area contributed by atoms with Crippen LogP contribution < -0.4 is 4.72 Å². The Morgan fingerprint density at radius 3 is 2.46 bits per heavy atom. The normalized spacial score (nSPS) is 12.5. The van der Waals surface area contributed by atoms with Gasteiger partial charge in [-0.3, -0.25) is 4.68 Å². The van der Waals surface area contributed by atoms with Crippen molar-refractivity contribution in [3.05, 3.63) is 72.6 Å². The zero-order valence-electron chi connectivity index (χ0n) is 20.4. The van der Waals surface area contributed by atoms with E-state index in [0.29, 0.717) is 16.5 Å². The van der Waals surface area contributed by atoms with E-state index in [1.807, 2.05) is 6.92 Å². The molecule has 0 bridgehead atoms. The van der Waals surface area contributed by atoms with Gasteiger partial charge in [-0.25, -0.2) is 30.5 Å². The highest BCUT2D eigenvalue weighted by atomic mass is 32.2. The molecule has 5 aromatic rings. The van der Waals surface area contributed by atoms with Crippen LogP contribution in [-0.2, 0) is 31.8 Å². The van der Waals surface area contributed by atoms with Crippen molar-refractivity contribution in [2.24, 2.45) is 7.05 Å². The van der Waals surface area contributed by atoms with E-state index in [-0.39, 0.29) is 34.3 Å². The lowest BCUT2D eigenvalue weighted by Crippen LogP contribution is -2.27. The van der Waals surface area contributed by atoms with E-state index in [9.17, 15) is 16.8 Å². The molecule has 0 aliphatic rings. The average Bonchev–Trinajstić information content (AvgIpc) is 3.45. The largest absolute Gasteiger partial charge is 0.383 e. The van der Waals surface area contributed by atoms with Gasteiger partial charge in [0, 0.05) is 43.2 Å². The standard InChI is InChI=1S/C25H25N5O5S2/c1-17-7-9-20(10-8-17)37(33,34)30-23(14-22-24-19(15-26-25(22)30)16-27-29(24)2)18-5-4-6-21(13-18)36(31,32)28-11-12-35-3/h4-10,13-16,28H,11-12H2,1-3H3. The monoisotopic (exact) mass is 539 g/mol. The molecule has 0 unspecified atom stereocenters. The summed E-state index contributed by atoms with van der Waals surface area (Å²) < 4.78 is 63.9. The van der Waals surface area contributed by atoms with E-state index in [0.717, 1.165) is 10.9 Å². The second-order valence-electron chi connectivity index (χ2n) is 8.60. The number of benzene rings is 2. The summed E-state index contributed by atoms with van der Waals surface area (Å²) in [6, 6.07) is 14.4. The predicted molar refractivity (Wildman–Crippen MR) is 140 cm³/mol. The Kier molecular flexibility index (Phi) is 6.36. The molecule has 192 valence electrons. The molecule has 0 saturated heterocycles. The van der Waals surface area contributed by atoms with Gasteiger partial charge in [-0.1, -0.05) is 29.8 Å². The number of hydrogen-bond acceptors (Lipinski definition) is 7. The van der Waals surface area contributed by atoms with Crippen LogP contribution in [-0.4, -0.2) is 55.8 Å². The van der Waals surface area contributed by atoms with Gasteiger partial charge in [0.25, 0.3) is 10.0 Å². The number of nitrogens with zero attached hydrogens (tertiary/aromatic N) is 4. The van der Waals surface area contributed by atoms with Crippen molar-refractivity contribution in [1.82, 2.24) is 23.5 Å². The number of nitrogens with one attached hydrogen (secondary N) is 1. The zero-order chi connectivity index (χ0) is 26.4. The van der Waals surface area contributed by atoms with Gasteiger partial charge in [-0.2, -0.15) is 5.10 Å². The molecule has 3 heterocycles. The average molecular weight is 540 g/mol. The SMILES string of the molecule is COCCNS(=O)(=O)c1cccc(-c2cc3c4c(cnc3n2S(=O)(=O)c2ccc(C)cc2)cnn4C)c1. The predicted octanol–water partition coefficient (Wildman–Crippen LogP) is 3.06. The van der Waals surface area contributed by atoms with Gasteiger partial charge in [0.2, 0.25) is 10.0 Å². The van der Waals surface area contributed by atoms with Crippen LogP contribution in [0.3, 0.4) is 0 Å². The lowest BCUT2D eigenvalue weighted by Gasteiger charge is -2.13.